The number of carbonyl (C=O) groups is 1. The van der Waals surface area contributed by atoms with E-state index in [1.165, 1.54) is 12.8 Å². The summed E-state index contributed by atoms with van der Waals surface area (Å²) < 4.78 is 5.84. The second-order valence-electron chi connectivity index (χ2n) is 6.20. The van der Waals surface area contributed by atoms with Gasteiger partial charge in [0.1, 0.15) is 12.4 Å². The molecule has 1 saturated heterocycles. The molecular formula is C21H23NO3. The van der Waals surface area contributed by atoms with Gasteiger partial charge in [-0.25, -0.2) is 4.79 Å². The van der Waals surface area contributed by atoms with Gasteiger partial charge in [0.2, 0.25) is 0 Å². The van der Waals surface area contributed by atoms with E-state index in [1.807, 2.05) is 42.5 Å². The molecule has 3 rings (SSSR count). The molecule has 1 fully saturated rings. The van der Waals surface area contributed by atoms with E-state index < -0.39 is 5.97 Å². The summed E-state index contributed by atoms with van der Waals surface area (Å²) >= 11 is 0. The lowest BCUT2D eigenvalue weighted by atomic mass is 10.0. The number of rotatable bonds is 7. The minimum absolute atomic E-state index is 0.273. The molecule has 130 valence electrons. The Morgan fingerprint density at radius 1 is 1.08 bits per heavy atom. The second kappa shape index (κ2) is 8.49. The molecule has 1 N–H and O–H groups in total. The van der Waals surface area contributed by atoms with Crippen molar-refractivity contribution in [1.82, 2.24) is 4.90 Å². The lowest BCUT2D eigenvalue weighted by Crippen LogP contribution is -2.25. The van der Waals surface area contributed by atoms with Crippen molar-refractivity contribution in [1.29, 1.82) is 0 Å². The predicted octanol–water partition coefficient (Wildman–Crippen LogP) is 3.79. The molecule has 2 aromatic carbocycles. The molecule has 0 aromatic heterocycles. The van der Waals surface area contributed by atoms with Gasteiger partial charge >= 0.3 is 5.97 Å². The molecule has 25 heavy (non-hydrogen) atoms. The minimum Gasteiger partial charge on any atom is -0.492 e. The van der Waals surface area contributed by atoms with Crippen molar-refractivity contribution in [3.8, 4) is 5.75 Å². The molecule has 0 unspecified atom stereocenters. The van der Waals surface area contributed by atoms with Gasteiger partial charge in [0.05, 0.1) is 5.57 Å². The lowest BCUT2D eigenvalue weighted by Gasteiger charge is -2.15. The molecule has 4 heteroatoms. The number of benzene rings is 2. The number of ether oxygens (including phenoxy) is 1. The zero-order valence-corrected chi connectivity index (χ0v) is 14.2. The summed E-state index contributed by atoms with van der Waals surface area (Å²) in [6.45, 7) is 3.90. The number of hydrogen-bond acceptors (Lipinski definition) is 3. The molecule has 1 aliphatic heterocycles. The first-order chi connectivity index (χ1) is 12.2. The largest absolute Gasteiger partial charge is 0.492 e. The Hall–Kier alpha value is -2.59. The summed E-state index contributed by atoms with van der Waals surface area (Å²) in [7, 11) is 0. The van der Waals surface area contributed by atoms with Crippen LogP contribution >= 0.6 is 0 Å². The van der Waals surface area contributed by atoms with Gasteiger partial charge in [0.15, 0.2) is 0 Å². The van der Waals surface area contributed by atoms with Crippen LogP contribution in [0.2, 0.25) is 0 Å². The highest BCUT2D eigenvalue weighted by molar-refractivity contribution is 6.20. The maximum Gasteiger partial charge on any atom is 0.336 e. The van der Waals surface area contributed by atoms with Crippen molar-refractivity contribution in [2.24, 2.45) is 0 Å². The number of likely N-dealkylation sites (tertiary alicyclic amines) is 1. The van der Waals surface area contributed by atoms with Gasteiger partial charge in [-0.15, -0.1) is 0 Å². The van der Waals surface area contributed by atoms with Gasteiger partial charge in [0.25, 0.3) is 0 Å². The van der Waals surface area contributed by atoms with E-state index >= 15 is 0 Å². The van der Waals surface area contributed by atoms with Crippen molar-refractivity contribution in [3.63, 3.8) is 0 Å². The Kier molecular flexibility index (Phi) is 5.86. The fourth-order valence-corrected chi connectivity index (χ4v) is 3.05. The van der Waals surface area contributed by atoms with Crippen molar-refractivity contribution in [2.75, 3.05) is 26.2 Å². The SMILES string of the molecule is O=C(O)/C(=C\c1cccc(OCCN2CCCC2)c1)c1ccccc1. The quantitative estimate of drug-likeness (QED) is 0.617. The molecule has 1 heterocycles. The van der Waals surface area contributed by atoms with Crippen LogP contribution in [0.1, 0.15) is 24.0 Å². The normalized spacial score (nSPS) is 15.3. The Labute approximate surface area is 148 Å². The first kappa shape index (κ1) is 17.2. The maximum atomic E-state index is 11.6. The first-order valence-electron chi connectivity index (χ1n) is 8.68. The van der Waals surface area contributed by atoms with E-state index in [2.05, 4.69) is 4.90 Å². The van der Waals surface area contributed by atoms with Crippen LogP contribution in [0.4, 0.5) is 0 Å². The topological polar surface area (TPSA) is 49.8 Å². The number of aliphatic carboxylic acids is 1. The molecule has 4 nitrogen and oxygen atoms in total. The van der Waals surface area contributed by atoms with Gasteiger partial charge in [-0.2, -0.15) is 0 Å². The first-order valence-corrected chi connectivity index (χ1v) is 8.68. The highest BCUT2D eigenvalue weighted by Crippen LogP contribution is 2.21. The molecular weight excluding hydrogens is 314 g/mol. The molecule has 0 atom stereocenters. The average molecular weight is 337 g/mol. The highest BCUT2D eigenvalue weighted by atomic mass is 16.5. The second-order valence-corrected chi connectivity index (χ2v) is 6.20. The molecule has 2 aromatic rings. The summed E-state index contributed by atoms with van der Waals surface area (Å²) in [6, 6.07) is 16.7. The summed E-state index contributed by atoms with van der Waals surface area (Å²) in [6.07, 6.45) is 4.24. The van der Waals surface area contributed by atoms with Gasteiger partial charge in [-0.1, -0.05) is 42.5 Å². The third kappa shape index (κ3) is 4.94. The number of carboxylic acid groups (broad SMARTS) is 1. The highest BCUT2D eigenvalue weighted by Gasteiger charge is 2.12. The van der Waals surface area contributed by atoms with Gasteiger partial charge < -0.3 is 9.84 Å². The fraction of sp³-hybridized carbons (Fsp3) is 0.286. The Balaban J connectivity index is 1.70. The zero-order chi connectivity index (χ0) is 17.5. The van der Waals surface area contributed by atoms with Crippen LogP contribution in [-0.2, 0) is 4.79 Å². The molecule has 1 aliphatic rings. The summed E-state index contributed by atoms with van der Waals surface area (Å²) in [5.41, 5.74) is 1.78. The predicted molar refractivity (Wildman–Crippen MR) is 99.6 cm³/mol. The van der Waals surface area contributed by atoms with E-state index in [-0.39, 0.29) is 5.57 Å². The monoisotopic (exact) mass is 337 g/mol. The van der Waals surface area contributed by atoms with Crippen molar-refractivity contribution < 1.29 is 14.6 Å². The fourth-order valence-electron chi connectivity index (χ4n) is 3.05. The lowest BCUT2D eigenvalue weighted by molar-refractivity contribution is -0.130. The minimum atomic E-state index is -0.938. The third-order valence-electron chi connectivity index (χ3n) is 4.36. The van der Waals surface area contributed by atoms with Crippen LogP contribution in [0.25, 0.3) is 11.6 Å². The number of carboxylic acids is 1. The van der Waals surface area contributed by atoms with Crippen LogP contribution in [0, 0.1) is 0 Å². The maximum absolute atomic E-state index is 11.6. The molecule has 0 aliphatic carbocycles. The Bertz CT molecular complexity index is 734. The van der Waals surface area contributed by atoms with Crippen molar-refractivity contribution >= 4 is 17.6 Å². The Morgan fingerprint density at radius 2 is 1.84 bits per heavy atom. The van der Waals surface area contributed by atoms with E-state index in [1.54, 1.807) is 18.2 Å². The van der Waals surface area contributed by atoms with E-state index in [4.69, 9.17) is 4.74 Å². The Morgan fingerprint density at radius 3 is 2.56 bits per heavy atom. The van der Waals surface area contributed by atoms with Crippen molar-refractivity contribution in [2.45, 2.75) is 12.8 Å². The van der Waals surface area contributed by atoms with Crippen LogP contribution in [0.3, 0.4) is 0 Å². The van der Waals surface area contributed by atoms with Crippen LogP contribution in [0.15, 0.2) is 54.6 Å². The van der Waals surface area contributed by atoms with E-state index in [9.17, 15) is 9.90 Å². The smallest absolute Gasteiger partial charge is 0.336 e. The van der Waals surface area contributed by atoms with Crippen LogP contribution in [-0.4, -0.2) is 42.2 Å². The van der Waals surface area contributed by atoms with E-state index in [0.717, 1.165) is 30.9 Å². The molecule has 0 spiro atoms. The zero-order valence-electron chi connectivity index (χ0n) is 14.2. The number of hydrogen-bond donors (Lipinski definition) is 1. The standard InChI is InChI=1S/C21H23NO3/c23-21(24)20(18-8-2-1-3-9-18)16-17-7-6-10-19(15-17)25-14-13-22-11-4-5-12-22/h1-3,6-10,15-16H,4-5,11-14H2,(H,23,24)/b20-16-. The van der Waals surface area contributed by atoms with E-state index in [0.29, 0.717) is 12.2 Å². The van der Waals surface area contributed by atoms with Crippen LogP contribution in [0.5, 0.6) is 5.75 Å². The average Bonchev–Trinajstić information content (AvgIpc) is 3.14. The van der Waals surface area contributed by atoms with Gasteiger partial charge in [-0.3, -0.25) is 4.90 Å². The van der Waals surface area contributed by atoms with Gasteiger partial charge in [-0.05, 0) is 55.3 Å². The van der Waals surface area contributed by atoms with Gasteiger partial charge in [0, 0.05) is 6.54 Å². The van der Waals surface area contributed by atoms with Crippen molar-refractivity contribution in [3.05, 3.63) is 65.7 Å². The number of nitrogens with zero attached hydrogens (tertiary/aromatic N) is 1. The summed E-state index contributed by atoms with van der Waals surface area (Å²) in [5.74, 6) is -0.169. The molecule has 0 bridgehead atoms. The molecule has 0 saturated carbocycles. The summed E-state index contributed by atoms with van der Waals surface area (Å²) in [5, 5.41) is 9.51. The molecule has 0 amide bonds. The summed E-state index contributed by atoms with van der Waals surface area (Å²) in [4.78, 5) is 14.0. The molecule has 0 radical (unpaired) electrons. The van der Waals surface area contributed by atoms with Crippen LogP contribution < -0.4 is 4.74 Å². The third-order valence-corrected chi connectivity index (χ3v) is 4.36.